The Kier molecular flexibility index (Phi) is 5.36. The van der Waals surface area contributed by atoms with Gasteiger partial charge in [-0.25, -0.2) is 0 Å². The summed E-state index contributed by atoms with van der Waals surface area (Å²) in [5.74, 6) is -0.108. The molecular weight excluding hydrogens is 242 g/mol. The lowest BCUT2D eigenvalue weighted by Crippen LogP contribution is -2.44. The number of benzene rings is 1. The van der Waals surface area contributed by atoms with Crippen molar-refractivity contribution in [1.82, 2.24) is 5.32 Å². The smallest absolute Gasteiger partial charge is 0.250 e. The van der Waals surface area contributed by atoms with Crippen LogP contribution >= 0.6 is 0 Å². The van der Waals surface area contributed by atoms with Crippen molar-refractivity contribution in [3.8, 4) is 0 Å². The van der Waals surface area contributed by atoms with Crippen molar-refractivity contribution in [2.45, 2.75) is 45.1 Å². The predicted molar refractivity (Wildman–Crippen MR) is 72.4 cm³/mol. The summed E-state index contributed by atoms with van der Waals surface area (Å²) in [5, 5.41) is 2.87. The molecule has 1 saturated heterocycles. The van der Waals surface area contributed by atoms with Crippen LogP contribution in [0.15, 0.2) is 30.3 Å². The van der Waals surface area contributed by atoms with Gasteiger partial charge in [0.2, 0.25) is 0 Å². The summed E-state index contributed by atoms with van der Waals surface area (Å²) >= 11 is 0. The van der Waals surface area contributed by atoms with Gasteiger partial charge in [-0.2, -0.15) is 0 Å². The van der Waals surface area contributed by atoms with Gasteiger partial charge in [0, 0.05) is 6.61 Å². The Morgan fingerprint density at radius 1 is 1.42 bits per heavy atom. The SMILES string of the molecule is CC(OCc1ccccc1)C(=O)NC1CCCCO1. The molecule has 1 aromatic carbocycles. The van der Waals surface area contributed by atoms with Crippen molar-refractivity contribution in [2.24, 2.45) is 0 Å². The fourth-order valence-corrected chi connectivity index (χ4v) is 2.00. The summed E-state index contributed by atoms with van der Waals surface area (Å²) in [6.07, 6.45) is 2.45. The Morgan fingerprint density at radius 2 is 2.21 bits per heavy atom. The number of carbonyl (C=O) groups is 1. The summed E-state index contributed by atoms with van der Waals surface area (Å²) < 4.78 is 11.0. The van der Waals surface area contributed by atoms with E-state index >= 15 is 0 Å². The van der Waals surface area contributed by atoms with E-state index in [1.165, 1.54) is 0 Å². The second-order valence-corrected chi connectivity index (χ2v) is 4.80. The molecule has 0 aliphatic carbocycles. The number of rotatable bonds is 5. The van der Waals surface area contributed by atoms with E-state index in [0.29, 0.717) is 6.61 Å². The number of ether oxygens (including phenoxy) is 2. The molecule has 0 saturated carbocycles. The standard InChI is InChI=1S/C15H21NO3/c1-12(19-11-13-7-3-2-4-8-13)15(17)16-14-9-5-6-10-18-14/h2-4,7-8,12,14H,5-6,9-11H2,1H3,(H,16,17). The highest BCUT2D eigenvalue weighted by molar-refractivity contribution is 5.80. The molecule has 1 N–H and O–H groups in total. The molecule has 0 aromatic heterocycles. The maximum atomic E-state index is 11.9. The third-order valence-corrected chi connectivity index (χ3v) is 3.19. The second kappa shape index (κ2) is 7.26. The Hall–Kier alpha value is -1.39. The lowest BCUT2D eigenvalue weighted by Gasteiger charge is -2.25. The fourth-order valence-electron chi connectivity index (χ4n) is 2.00. The van der Waals surface area contributed by atoms with Crippen molar-refractivity contribution in [3.63, 3.8) is 0 Å². The maximum Gasteiger partial charge on any atom is 0.250 e. The molecule has 1 heterocycles. The minimum absolute atomic E-state index is 0.108. The third kappa shape index (κ3) is 4.65. The minimum Gasteiger partial charge on any atom is -0.364 e. The molecule has 2 rings (SSSR count). The molecule has 19 heavy (non-hydrogen) atoms. The van der Waals surface area contributed by atoms with E-state index in [1.54, 1.807) is 6.92 Å². The van der Waals surface area contributed by atoms with Gasteiger partial charge in [-0.1, -0.05) is 30.3 Å². The van der Waals surface area contributed by atoms with Gasteiger partial charge in [-0.05, 0) is 31.7 Å². The quantitative estimate of drug-likeness (QED) is 0.886. The maximum absolute atomic E-state index is 11.9. The van der Waals surface area contributed by atoms with Gasteiger partial charge in [0.15, 0.2) is 0 Å². The predicted octanol–water partition coefficient (Wildman–Crippen LogP) is 2.23. The van der Waals surface area contributed by atoms with Crippen molar-refractivity contribution < 1.29 is 14.3 Å². The summed E-state index contributed by atoms with van der Waals surface area (Å²) in [5.41, 5.74) is 1.07. The monoisotopic (exact) mass is 263 g/mol. The first-order valence-electron chi connectivity index (χ1n) is 6.83. The van der Waals surface area contributed by atoms with Gasteiger partial charge >= 0.3 is 0 Å². The van der Waals surface area contributed by atoms with Gasteiger partial charge in [-0.3, -0.25) is 4.79 Å². The van der Waals surface area contributed by atoms with E-state index in [1.807, 2.05) is 30.3 Å². The lowest BCUT2D eigenvalue weighted by atomic mass is 10.2. The van der Waals surface area contributed by atoms with E-state index in [0.717, 1.165) is 31.4 Å². The summed E-state index contributed by atoms with van der Waals surface area (Å²) in [6, 6.07) is 9.84. The molecule has 2 atom stereocenters. The highest BCUT2D eigenvalue weighted by Crippen LogP contribution is 2.11. The largest absolute Gasteiger partial charge is 0.364 e. The van der Waals surface area contributed by atoms with Crippen molar-refractivity contribution in [2.75, 3.05) is 6.61 Å². The Morgan fingerprint density at radius 3 is 2.89 bits per heavy atom. The van der Waals surface area contributed by atoms with Crippen molar-refractivity contribution >= 4 is 5.91 Å². The first-order chi connectivity index (χ1) is 9.25. The summed E-state index contributed by atoms with van der Waals surface area (Å²) in [7, 11) is 0. The third-order valence-electron chi connectivity index (χ3n) is 3.19. The first-order valence-corrected chi connectivity index (χ1v) is 6.83. The van der Waals surface area contributed by atoms with Crippen LogP contribution in [0.25, 0.3) is 0 Å². The van der Waals surface area contributed by atoms with Gasteiger partial charge < -0.3 is 14.8 Å². The Labute approximate surface area is 114 Å². The zero-order chi connectivity index (χ0) is 13.5. The normalized spacial score (nSPS) is 20.8. The van der Waals surface area contributed by atoms with Crippen LogP contribution in [0.3, 0.4) is 0 Å². The zero-order valence-corrected chi connectivity index (χ0v) is 11.3. The van der Waals surface area contributed by atoms with Crippen LogP contribution < -0.4 is 5.32 Å². The first kappa shape index (κ1) is 14.0. The van der Waals surface area contributed by atoms with Gasteiger partial charge in [0.1, 0.15) is 12.3 Å². The molecule has 1 aromatic rings. The minimum atomic E-state index is -0.467. The van der Waals surface area contributed by atoms with Gasteiger partial charge in [0.25, 0.3) is 5.91 Å². The zero-order valence-electron chi connectivity index (χ0n) is 11.3. The molecule has 1 fully saturated rings. The number of amides is 1. The lowest BCUT2D eigenvalue weighted by molar-refractivity contribution is -0.138. The van der Waals surface area contributed by atoms with Crippen molar-refractivity contribution in [1.29, 1.82) is 0 Å². The molecule has 1 aliphatic rings. The highest BCUT2D eigenvalue weighted by atomic mass is 16.5. The Bertz CT molecular complexity index is 388. The van der Waals surface area contributed by atoms with Gasteiger partial charge in [-0.15, -0.1) is 0 Å². The van der Waals surface area contributed by atoms with Crippen molar-refractivity contribution in [3.05, 3.63) is 35.9 Å². The van der Waals surface area contributed by atoms with Crippen LogP contribution in [0.4, 0.5) is 0 Å². The Balaban J connectivity index is 1.72. The van der Waals surface area contributed by atoms with Crippen LogP contribution in [0.5, 0.6) is 0 Å². The molecule has 4 heteroatoms. The number of hydrogen-bond acceptors (Lipinski definition) is 3. The number of hydrogen-bond donors (Lipinski definition) is 1. The van der Waals surface area contributed by atoms with E-state index in [9.17, 15) is 4.79 Å². The summed E-state index contributed by atoms with van der Waals surface area (Å²) in [6.45, 7) is 2.94. The van der Waals surface area contributed by atoms with Crippen LogP contribution in [-0.4, -0.2) is 24.8 Å². The average Bonchev–Trinajstić information content (AvgIpc) is 2.47. The van der Waals surface area contributed by atoms with E-state index in [2.05, 4.69) is 5.32 Å². The number of nitrogens with one attached hydrogen (secondary N) is 1. The fraction of sp³-hybridized carbons (Fsp3) is 0.533. The molecular formula is C15H21NO3. The average molecular weight is 263 g/mol. The molecule has 4 nitrogen and oxygen atoms in total. The van der Waals surface area contributed by atoms with Gasteiger partial charge in [0.05, 0.1) is 6.61 Å². The molecule has 1 amide bonds. The molecule has 104 valence electrons. The molecule has 1 aliphatic heterocycles. The molecule has 2 unspecified atom stereocenters. The summed E-state index contributed by atoms with van der Waals surface area (Å²) in [4.78, 5) is 11.9. The molecule has 0 bridgehead atoms. The van der Waals surface area contributed by atoms with Crippen LogP contribution in [0.1, 0.15) is 31.7 Å². The second-order valence-electron chi connectivity index (χ2n) is 4.80. The van der Waals surface area contributed by atoms with Crippen LogP contribution in [0.2, 0.25) is 0 Å². The van der Waals surface area contributed by atoms with E-state index < -0.39 is 6.10 Å². The topological polar surface area (TPSA) is 47.6 Å². The molecule has 0 radical (unpaired) electrons. The van der Waals surface area contributed by atoms with Crippen LogP contribution in [0, 0.1) is 0 Å². The van der Waals surface area contributed by atoms with Crippen LogP contribution in [-0.2, 0) is 20.9 Å². The molecule has 0 spiro atoms. The van der Waals surface area contributed by atoms with E-state index in [-0.39, 0.29) is 12.1 Å². The van der Waals surface area contributed by atoms with E-state index in [4.69, 9.17) is 9.47 Å². The highest BCUT2D eigenvalue weighted by Gasteiger charge is 2.20. The number of carbonyl (C=O) groups excluding carboxylic acids is 1.